The van der Waals surface area contributed by atoms with Gasteiger partial charge in [-0.3, -0.25) is 4.98 Å². The van der Waals surface area contributed by atoms with E-state index in [1.54, 1.807) is 12.4 Å². The number of rotatable bonds is 2. The van der Waals surface area contributed by atoms with Crippen molar-refractivity contribution in [2.24, 2.45) is 5.92 Å². The van der Waals surface area contributed by atoms with Crippen LogP contribution in [0, 0.1) is 5.92 Å². The van der Waals surface area contributed by atoms with E-state index >= 15 is 0 Å². The van der Waals surface area contributed by atoms with E-state index in [1.807, 2.05) is 26.0 Å². The van der Waals surface area contributed by atoms with Crippen LogP contribution in [0.15, 0.2) is 24.5 Å². The molecule has 0 atom stereocenters. The minimum atomic E-state index is -0.464. The first-order valence-corrected chi connectivity index (χ1v) is 6.79. The summed E-state index contributed by atoms with van der Waals surface area (Å²) in [5.41, 5.74) is 0.732. The van der Waals surface area contributed by atoms with Crippen LogP contribution < -0.4 is 0 Å². The lowest BCUT2D eigenvalue weighted by Gasteiger charge is -2.35. The van der Waals surface area contributed by atoms with Gasteiger partial charge in [-0.2, -0.15) is 0 Å². The quantitative estimate of drug-likeness (QED) is 0.849. The lowest BCUT2D eigenvalue weighted by molar-refractivity contribution is -0.00668. The molecule has 0 spiro atoms. The second kappa shape index (κ2) is 6.75. The summed E-state index contributed by atoms with van der Waals surface area (Å²) in [6.45, 7) is 6.27. The Morgan fingerprint density at radius 2 is 1.76 bits per heavy atom. The van der Waals surface area contributed by atoms with Gasteiger partial charge in [-0.25, -0.2) is 0 Å². The van der Waals surface area contributed by atoms with Crippen molar-refractivity contribution in [3.8, 4) is 0 Å². The monoisotopic (exact) mass is 235 g/mol. The van der Waals surface area contributed by atoms with E-state index in [1.165, 1.54) is 5.56 Å². The van der Waals surface area contributed by atoms with Crippen LogP contribution in [0.3, 0.4) is 0 Å². The first-order chi connectivity index (χ1) is 8.18. The Kier molecular flexibility index (Phi) is 5.63. The number of aromatic nitrogens is 1. The molecule has 96 valence electrons. The van der Waals surface area contributed by atoms with Gasteiger partial charge in [0.1, 0.15) is 0 Å². The zero-order valence-corrected chi connectivity index (χ0v) is 11.3. The molecule has 0 aliphatic heterocycles. The van der Waals surface area contributed by atoms with Gasteiger partial charge in [0.2, 0.25) is 0 Å². The molecule has 0 amide bonds. The number of pyridine rings is 1. The predicted molar refractivity (Wildman–Crippen MR) is 71.9 cm³/mol. The highest BCUT2D eigenvalue weighted by atomic mass is 16.3. The number of hydrogen-bond donors (Lipinski definition) is 1. The summed E-state index contributed by atoms with van der Waals surface area (Å²) < 4.78 is 0. The van der Waals surface area contributed by atoms with Gasteiger partial charge in [-0.15, -0.1) is 0 Å². The van der Waals surface area contributed by atoms with Crippen molar-refractivity contribution in [1.29, 1.82) is 0 Å². The Labute approximate surface area is 105 Å². The Morgan fingerprint density at radius 1 is 1.24 bits per heavy atom. The van der Waals surface area contributed by atoms with Crippen LogP contribution in [0.2, 0.25) is 0 Å². The fraction of sp³-hybridized carbons (Fsp3) is 0.667. The second-order valence-electron chi connectivity index (χ2n) is 4.94. The van der Waals surface area contributed by atoms with Gasteiger partial charge in [0, 0.05) is 18.8 Å². The molecule has 17 heavy (non-hydrogen) atoms. The molecule has 1 aromatic rings. The maximum atomic E-state index is 10.4. The average molecular weight is 235 g/mol. The van der Waals surface area contributed by atoms with E-state index in [9.17, 15) is 5.11 Å². The largest absolute Gasteiger partial charge is 0.390 e. The zero-order chi connectivity index (χ0) is 12.7. The lowest BCUT2D eigenvalue weighted by Crippen LogP contribution is -2.35. The van der Waals surface area contributed by atoms with Gasteiger partial charge in [-0.1, -0.05) is 20.8 Å². The van der Waals surface area contributed by atoms with Crippen LogP contribution in [0.4, 0.5) is 0 Å². The van der Waals surface area contributed by atoms with Crippen LogP contribution in [0.1, 0.15) is 52.0 Å². The van der Waals surface area contributed by atoms with Gasteiger partial charge in [0.25, 0.3) is 0 Å². The Bertz CT molecular complexity index is 302. The molecular weight excluding hydrogens is 210 g/mol. The molecule has 0 saturated heterocycles. The van der Waals surface area contributed by atoms with Crippen LogP contribution in [-0.4, -0.2) is 15.7 Å². The van der Waals surface area contributed by atoms with E-state index in [0.29, 0.717) is 0 Å². The summed E-state index contributed by atoms with van der Waals surface area (Å²) in [5.74, 6) is 0.780. The third-order valence-electron chi connectivity index (χ3n) is 3.49. The van der Waals surface area contributed by atoms with Crippen molar-refractivity contribution in [1.82, 2.24) is 4.98 Å². The highest BCUT2D eigenvalue weighted by Gasteiger charge is 2.31. The first kappa shape index (κ1) is 14.2. The minimum absolute atomic E-state index is 0.464. The SMILES string of the molecule is CC.CC1CCC(O)(Cc2ccncc2)CC1. The van der Waals surface area contributed by atoms with E-state index < -0.39 is 5.60 Å². The van der Waals surface area contributed by atoms with Gasteiger partial charge in [-0.05, 0) is 49.3 Å². The van der Waals surface area contributed by atoms with Crippen LogP contribution in [0.5, 0.6) is 0 Å². The summed E-state index contributed by atoms with van der Waals surface area (Å²) in [6.07, 6.45) is 8.56. The molecule has 1 aromatic heterocycles. The molecule has 1 heterocycles. The molecule has 0 bridgehead atoms. The lowest BCUT2D eigenvalue weighted by atomic mass is 9.77. The third-order valence-corrected chi connectivity index (χ3v) is 3.49. The molecular formula is C15H25NO. The molecule has 1 fully saturated rings. The molecule has 0 aromatic carbocycles. The van der Waals surface area contributed by atoms with E-state index in [-0.39, 0.29) is 0 Å². The van der Waals surface area contributed by atoms with Crippen LogP contribution in [0.25, 0.3) is 0 Å². The molecule has 1 aliphatic rings. The Balaban J connectivity index is 0.000000686. The van der Waals surface area contributed by atoms with Crippen LogP contribution in [-0.2, 0) is 6.42 Å². The van der Waals surface area contributed by atoms with E-state index in [4.69, 9.17) is 0 Å². The third kappa shape index (κ3) is 4.47. The van der Waals surface area contributed by atoms with Crippen molar-refractivity contribution in [2.45, 2.75) is 58.5 Å². The zero-order valence-electron chi connectivity index (χ0n) is 11.3. The van der Waals surface area contributed by atoms with E-state index in [2.05, 4.69) is 11.9 Å². The number of hydrogen-bond acceptors (Lipinski definition) is 2. The summed E-state index contributed by atoms with van der Waals surface area (Å²) in [5, 5.41) is 10.4. The molecule has 0 unspecified atom stereocenters. The normalized spacial score (nSPS) is 28.1. The molecule has 2 nitrogen and oxygen atoms in total. The van der Waals surface area contributed by atoms with Crippen molar-refractivity contribution in [2.75, 3.05) is 0 Å². The Morgan fingerprint density at radius 3 is 2.29 bits per heavy atom. The van der Waals surface area contributed by atoms with Crippen LogP contribution >= 0.6 is 0 Å². The Hall–Kier alpha value is -0.890. The topological polar surface area (TPSA) is 33.1 Å². The minimum Gasteiger partial charge on any atom is -0.390 e. The van der Waals surface area contributed by atoms with Crippen molar-refractivity contribution in [3.05, 3.63) is 30.1 Å². The molecule has 2 rings (SSSR count). The van der Waals surface area contributed by atoms with E-state index in [0.717, 1.165) is 38.0 Å². The molecule has 1 N–H and O–H groups in total. The van der Waals surface area contributed by atoms with Gasteiger partial charge in [0.05, 0.1) is 5.60 Å². The summed E-state index contributed by atoms with van der Waals surface area (Å²) in [6, 6.07) is 3.99. The summed E-state index contributed by atoms with van der Waals surface area (Å²) in [7, 11) is 0. The standard InChI is InChI=1S/C13H19NO.C2H6/c1-11-2-6-13(15,7-3-11)10-12-4-8-14-9-5-12;1-2/h4-5,8-9,11,15H,2-3,6-7,10H2,1H3;1-2H3. The maximum absolute atomic E-state index is 10.4. The highest BCUT2D eigenvalue weighted by molar-refractivity contribution is 5.13. The molecule has 1 saturated carbocycles. The summed E-state index contributed by atoms with van der Waals surface area (Å²) >= 11 is 0. The van der Waals surface area contributed by atoms with Gasteiger partial charge in [0.15, 0.2) is 0 Å². The summed E-state index contributed by atoms with van der Waals surface area (Å²) in [4.78, 5) is 3.99. The van der Waals surface area contributed by atoms with Crippen molar-refractivity contribution >= 4 is 0 Å². The predicted octanol–water partition coefficient (Wildman–Crippen LogP) is 3.59. The van der Waals surface area contributed by atoms with Gasteiger partial charge >= 0.3 is 0 Å². The smallest absolute Gasteiger partial charge is 0.0688 e. The maximum Gasteiger partial charge on any atom is 0.0688 e. The fourth-order valence-corrected chi connectivity index (χ4v) is 2.36. The average Bonchev–Trinajstić information content (AvgIpc) is 2.37. The molecule has 0 radical (unpaired) electrons. The number of nitrogens with zero attached hydrogens (tertiary/aromatic N) is 1. The van der Waals surface area contributed by atoms with Gasteiger partial charge < -0.3 is 5.11 Å². The van der Waals surface area contributed by atoms with Crippen molar-refractivity contribution < 1.29 is 5.11 Å². The van der Waals surface area contributed by atoms with Crippen molar-refractivity contribution in [3.63, 3.8) is 0 Å². The highest BCUT2D eigenvalue weighted by Crippen LogP contribution is 2.33. The fourth-order valence-electron chi connectivity index (χ4n) is 2.36. The second-order valence-corrected chi connectivity index (χ2v) is 4.94. The molecule has 1 aliphatic carbocycles. The number of aliphatic hydroxyl groups is 1. The first-order valence-electron chi connectivity index (χ1n) is 6.79. The molecule has 2 heteroatoms.